The average molecular weight is 464 g/mol. The van der Waals surface area contributed by atoms with Gasteiger partial charge in [-0.15, -0.1) is 0 Å². The monoisotopic (exact) mass is 463 g/mol. The minimum Gasteiger partial charge on any atom is -0.481 e. The van der Waals surface area contributed by atoms with Crippen molar-refractivity contribution in [3.05, 3.63) is 68.5 Å². The predicted molar refractivity (Wildman–Crippen MR) is 119 cm³/mol. The fourth-order valence-corrected chi connectivity index (χ4v) is 4.35. The molecule has 0 bridgehead atoms. The van der Waals surface area contributed by atoms with Gasteiger partial charge in [0.2, 0.25) is 0 Å². The molecule has 1 heterocycles. The lowest BCUT2D eigenvalue weighted by Gasteiger charge is -2.17. The zero-order valence-corrected chi connectivity index (χ0v) is 19.1. The van der Waals surface area contributed by atoms with Crippen molar-refractivity contribution in [3.63, 3.8) is 0 Å². The van der Waals surface area contributed by atoms with Crippen molar-refractivity contribution in [3.8, 4) is 5.75 Å². The first-order valence-electron chi connectivity index (χ1n) is 9.34. The summed E-state index contributed by atoms with van der Waals surface area (Å²) in [6, 6.07) is 9.67. The van der Waals surface area contributed by atoms with Crippen LogP contribution >= 0.6 is 11.6 Å². The Balaban J connectivity index is 2.14. The lowest BCUT2D eigenvalue weighted by atomic mass is 9.98. The van der Waals surface area contributed by atoms with Gasteiger partial charge in [-0.2, -0.15) is 0 Å². The molecule has 0 aliphatic rings. The molecule has 0 saturated heterocycles. The molecule has 7 nitrogen and oxygen atoms in total. The van der Waals surface area contributed by atoms with Gasteiger partial charge in [-0.05, 0) is 42.3 Å². The molecule has 9 heteroatoms. The number of carbonyl (C=O) groups excluding carboxylic acids is 1. The normalized spacial score (nSPS) is 11.5. The van der Waals surface area contributed by atoms with Gasteiger partial charge in [0.05, 0.1) is 22.5 Å². The summed E-state index contributed by atoms with van der Waals surface area (Å²) in [4.78, 5) is 24.8. The van der Waals surface area contributed by atoms with E-state index in [4.69, 9.17) is 16.3 Å². The van der Waals surface area contributed by atoms with Gasteiger partial charge in [0.15, 0.2) is 16.4 Å². The number of nitrogens with zero attached hydrogens (tertiary/aromatic N) is 1. The number of rotatable bonds is 6. The molecular formula is C22H22ClNO6S. The Morgan fingerprint density at radius 3 is 2.35 bits per heavy atom. The second-order valence-electron chi connectivity index (χ2n) is 7.19. The Morgan fingerprint density at radius 1 is 1.13 bits per heavy atom. The fourth-order valence-electron chi connectivity index (χ4n) is 3.44. The van der Waals surface area contributed by atoms with Crippen molar-refractivity contribution in [2.24, 2.45) is 7.05 Å². The quantitative estimate of drug-likeness (QED) is 0.522. The summed E-state index contributed by atoms with van der Waals surface area (Å²) in [5.41, 5.74) is 2.26. The molecule has 0 unspecified atom stereocenters. The van der Waals surface area contributed by atoms with Crippen molar-refractivity contribution in [1.82, 2.24) is 4.57 Å². The maximum absolute atomic E-state index is 13.1. The van der Waals surface area contributed by atoms with Crippen molar-refractivity contribution in [2.45, 2.75) is 18.2 Å². The second kappa shape index (κ2) is 8.72. The van der Waals surface area contributed by atoms with Gasteiger partial charge in [-0.1, -0.05) is 23.7 Å². The number of methoxy groups -OCH3 is 1. The van der Waals surface area contributed by atoms with E-state index in [1.165, 1.54) is 23.8 Å². The van der Waals surface area contributed by atoms with Crippen molar-refractivity contribution in [1.29, 1.82) is 0 Å². The van der Waals surface area contributed by atoms with Gasteiger partial charge in [-0.25, -0.2) is 13.2 Å². The Labute approximate surface area is 185 Å². The minimum atomic E-state index is -3.31. The highest BCUT2D eigenvalue weighted by atomic mass is 35.5. The zero-order valence-electron chi connectivity index (χ0n) is 17.6. The van der Waals surface area contributed by atoms with Gasteiger partial charge in [0, 0.05) is 30.7 Å². The molecule has 3 aromatic rings. The summed E-state index contributed by atoms with van der Waals surface area (Å²) in [7, 11) is -0.412. The molecule has 164 valence electrons. The number of halogens is 1. The molecule has 0 aliphatic heterocycles. The maximum atomic E-state index is 13.1. The van der Waals surface area contributed by atoms with Crippen molar-refractivity contribution < 1.29 is 22.7 Å². The van der Waals surface area contributed by atoms with E-state index in [9.17, 15) is 18.0 Å². The summed E-state index contributed by atoms with van der Waals surface area (Å²) < 4.78 is 35.1. The molecule has 0 amide bonds. The van der Waals surface area contributed by atoms with Gasteiger partial charge in [0.25, 0.3) is 5.56 Å². The SMILES string of the molecule is COC(=O)COc1ccc(Cl)c2c1c(C)c(Cc1ccc(S(C)(=O)=O)cc1)c(=O)n2C. The van der Waals surface area contributed by atoms with E-state index in [1.54, 1.807) is 38.2 Å². The van der Waals surface area contributed by atoms with Crippen LogP contribution in [0.3, 0.4) is 0 Å². The number of ether oxygens (including phenoxy) is 2. The molecule has 3 rings (SSSR count). The number of aromatic nitrogens is 1. The van der Waals surface area contributed by atoms with Crippen LogP contribution in [-0.4, -0.2) is 38.9 Å². The number of fused-ring (bicyclic) bond motifs is 1. The number of hydrogen-bond donors (Lipinski definition) is 0. The lowest BCUT2D eigenvalue weighted by Crippen LogP contribution is -2.24. The van der Waals surface area contributed by atoms with E-state index in [2.05, 4.69) is 4.74 Å². The Hall–Kier alpha value is -2.84. The van der Waals surface area contributed by atoms with E-state index in [1.807, 2.05) is 0 Å². The first-order chi connectivity index (χ1) is 14.5. The number of pyridine rings is 1. The number of carbonyl (C=O) groups is 1. The number of sulfone groups is 1. The molecule has 0 saturated carbocycles. The summed E-state index contributed by atoms with van der Waals surface area (Å²) >= 11 is 6.38. The fraction of sp³-hybridized carbons (Fsp3) is 0.273. The third kappa shape index (κ3) is 4.60. The average Bonchev–Trinajstić information content (AvgIpc) is 2.73. The third-order valence-corrected chi connectivity index (χ3v) is 6.56. The van der Waals surface area contributed by atoms with Crippen LogP contribution in [-0.2, 0) is 32.8 Å². The van der Waals surface area contributed by atoms with Crippen LogP contribution in [0, 0.1) is 6.92 Å². The standard InChI is InChI=1S/C22H22ClNO6S/c1-13-16(11-14-5-7-15(8-6-14)31(4,27)28)22(26)24(2)21-17(23)9-10-18(20(13)21)30-12-19(25)29-3/h5-10H,11-12H2,1-4H3. The smallest absolute Gasteiger partial charge is 0.343 e. The van der Waals surface area contributed by atoms with E-state index in [0.717, 1.165) is 11.8 Å². The lowest BCUT2D eigenvalue weighted by molar-refractivity contribution is -0.142. The number of esters is 1. The third-order valence-electron chi connectivity index (χ3n) is 5.12. The van der Waals surface area contributed by atoms with E-state index in [-0.39, 0.29) is 17.1 Å². The van der Waals surface area contributed by atoms with Crippen LogP contribution in [0.4, 0.5) is 0 Å². The summed E-state index contributed by atoms with van der Waals surface area (Å²) in [5.74, 6) is -0.122. The first-order valence-corrected chi connectivity index (χ1v) is 11.6. The molecular weight excluding hydrogens is 442 g/mol. The molecule has 0 radical (unpaired) electrons. The zero-order chi connectivity index (χ0) is 22.9. The number of hydrogen-bond acceptors (Lipinski definition) is 6. The van der Waals surface area contributed by atoms with Gasteiger partial charge < -0.3 is 14.0 Å². The largest absolute Gasteiger partial charge is 0.481 e. The maximum Gasteiger partial charge on any atom is 0.343 e. The van der Waals surface area contributed by atoms with Crippen LogP contribution in [0.15, 0.2) is 46.1 Å². The van der Waals surface area contributed by atoms with Crippen LogP contribution in [0.2, 0.25) is 5.02 Å². The second-order valence-corrected chi connectivity index (χ2v) is 9.62. The molecule has 1 aromatic heterocycles. The van der Waals surface area contributed by atoms with E-state index in [0.29, 0.717) is 39.2 Å². The van der Waals surface area contributed by atoms with Crippen LogP contribution in [0.1, 0.15) is 16.7 Å². The summed E-state index contributed by atoms with van der Waals surface area (Å²) in [6.07, 6.45) is 1.44. The highest BCUT2D eigenvalue weighted by Gasteiger charge is 2.19. The minimum absolute atomic E-state index is 0.213. The molecule has 2 aromatic carbocycles. The van der Waals surface area contributed by atoms with Crippen LogP contribution in [0.5, 0.6) is 5.75 Å². The molecule has 0 spiro atoms. The highest BCUT2D eigenvalue weighted by molar-refractivity contribution is 7.90. The number of benzene rings is 2. The Bertz CT molecular complexity index is 1330. The molecule has 0 fully saturated rings. The topological polar surface area (TPSA) is 91.7 Å². The van der Waals surface area contributed by atoms with Gasteiger partial charge in [0.1, 0.15) is 5.75 Å². The predicted octanol–water partition coefficient (Wildman–Crippen LogP) is 3.05. The highest BCUT2D eigenvalue weighted by Crippen LogP contribution is 2.34. The van der Waals surface area contributed by atoms with E-state index >= 15 is 0 Å². The van der Waals surface area contributed by atoms with Crippen molar-refractivity contribution in [2.75, 3.05) is 20.0 Å². The molecule has 31 heavy (non-hydrogen) atoms. The Kier molecular flexibility index (Phi) is 6.43. The van der Waals surface area contributed by atoms with Crippen LogP contribution in [0.25, 0.3) is 10.9 Å². The molecule has 0 N–H and O–H groups in total. The summed E-state index contributed by atoms with van der Waals surface area (Å²) in [6.45, 7) is 1.52. The van der Waals surface area contributed by atoms with Crippen LogP contribution < -0.4 is 10.3 Å². The van der Waals surface area contributed by atoms with Gasteiger partial charge in [-0.3, -0.25) is 4.79 Å². The molecule has 0 aliphatic carbocycles. The Morgan fingerprint density at radius 2 is 1.77 bits per heavy atom. The van der Waals surface area contributed by atoms with Crippen molar-refractivity contribution >= 4 is 38.3 Å². The number of aryl methyl sites for hydroxylation is 2. The van der Waals surface area contributed by atoms with E-state index < -0.39 is 15.8 Å². The van der Waals surface area contributed by atoms with Gasteiger partial charge >= 0.3 is 5.97 Å². The summed E-state index contributed by atoms with van der Waals surface area (Å²) in [5, 5.41) is 1.01. The first kappa shape index (κ1) is 22.8. The molecule has 0 atom stereocenters.